The topological polar surface area (TPSA) is 69.7 Å². The zero-order chi connectivity index (χ0) is 17.4. The fraction of sp³-hybridized carbons (Fsp3) is 0.611. The maximum atomic E-state index is 12.2. The van der Waals surface area contributed by atoms with E-state index in [-0.39, 0.29) is 24.8 Å². The first-order valence-corrected chi connectivity index (χ1v) is 8.17. The number of ketones is 1. The van der Waals surface area contributed by atoms with Gasteiger partial charge in [-0.2, -0.15) is 0 Å². The Morgan fingerprint density at radius 2 is 1.83 bits per heavy atom. The van der Waals surface area contributed by atoms with Crippen LogP contribution in [0.25, 0.3) is 0 Å². The molecule has 5 heteroatoms. The van der Waals surface area contributed by atoms with Crippen molar-refractivity contribution in [1.29, 1.82) is 0 Å². The van der Waals surface area contributed by atoms with Crippen LogP contribution in [0.4, 0.5) is 0 Å². The summed E-state index contributed by atoms with van der Waals surface area (Å²) in [6.07, 6.45) is 4.16. The first kappa shape index (κ1) is 19.1. The van der Waals surface area contributed by atoms with Gasteiger partial charge in [-0.1, -0.05) is 11.6 Å². The van der Waals surface area contributed by atoms with Crippen LogP contribution >= 0.6 is 0 Å². The molecule has 0 saturated heterocycles. The predicted molar refractivity (Wildman–Crippen MR) is 86.7 cm³/mol. The number of rotatable bonds is 8. The van der Waals surface area contributed by atoms with Gasteiger partial charge in [0.1, 0.15) is 11.7 Å². The molecule has 0 aromatic heterocycles. The number of carbonyl (C=O) groups excluding carboxylic acids is 3. The molecule has 0 amide bonds. The molecule has 5 nitrogen and oxygen atoms in total. The quantitative estimate of drug-likeness (QED) is 0.507. The van der Waals surface area contributed by atoms with Crippen LogP contribution in [0.5, 0.6) is 0 Å². The average molecular weight is 322 g/mol. The van der Waals surface area contributed by atoms with Crippen molar-refractivity contribution < 1.29 is 23.9 Å². The minimum atomic E-state index is -0.769. The van der Waals surface area contributed by atoms with E-state index in [0.29, 0.717) is 25.0 Å². The largest absolute Gasteiger partial charge is 0.465 e. The maximum Gasteiger partial charge on any atom is 0.334 e. The van der Waals surface area contributed by atoms with E-state index in [2.05, 4.69) is 6.08 Å². The van der Waals surface area contributed by atoms with Crippen LogP contribution in [0.1, 0.15) is 53.4 Å². The molecule has 0 aromatic rings. The summed E-state index contributed by atoms with van der Waals surface area (Å²) in [7, 11) is 0. The van der Waals surface area contributed by atoms with Gasteiger partial charge in [0, 0.05) is 12.0 Å². The van der Waals surface area contributed by atoms with E-state index < -0.39 is 11.9 Å². The van der Waals surface area contributed by atoms with Crippen molar-refractivity contribution >= 4 is 17.7 Å². The fourth-order valence-corrected chi connectivity index (χ4v) is 2.60. The highest BCUT2D eigenvalue weighted by molar-refractivity contribution is 5.99. The third-order valence-electron chi connectivity index (χ3n) is 3.95. The summed E-state index contributed by atoms with van der Waals surface area (Å²) in [6.45, 7) is 7.57. The summed E-state index contributed by atoms with van der Waals surface area (Å²) in [5.74, 6) is -1.74. The second kappa shape index (κ2) is 9.28. The highest BCUT2D eigenvalue weighted by Crippen LogP contribution is 2.29. The predicted octanol–water partition coefficient (Wildman–Crippen LogP) is 3.13. The normalized spacial score (nSPS) is 15.7. The summed E-state index contributed by atoms with van der Waals surface area (Å²) in [5.41, 5.74) is 2.54. The van der Waals surface area contributed by atoms with Gasteiger partial charge in [0.15, 0.2) is 0 Å². The summed E-state index contributed by atoms with van der Waals surface area (Å²) < 4.78 is 9.97. The van der Waals surface area contributed by atoms with Crippen LogP contribution in [0, 0.1) is 5.92 Å². The van der Waals surface area contributed by atoms with Crippen molar-refractivity contribution in [3.05, 3.63) is 22.8 Å². The molecule has 0 saturated carbocycles. The molecule has 1 rings (SSSR count). The van der Waals surface area contributed by atoms with E-state index in [1.165, 1.54) is 0 Å². The van der Waals surface area contributed by atoms with E-state index in [1.54, 1.807) is 20.8 Å². The van der Waals surface area contributed by atoms with Crippen LogP contribution in [0.2, 0.25) is 0 Å². The van der Waals surface area contributed by atoms with Crippen LogP contribution < -0.4 is 0 Å². The van der Waals surface area contributed by atoms with Crippen LogP contribution in [0.15, 0.2) is 22.8 Å². The van der Waals surface area contributed by atoms with Gasteiger partial charge >= 0.3 is 11.9 Å². The molecule has 1 atom stereocenters. The lowest BCUT2D eigenvalue weighted by Gasteiger charge is -2.19. The van der Waals surface area contributed by atoms with Crippen molar-refractivity contribution in [2.75, 3.05) is 13.2 Å². The summed E-state index contributed by atoms with van der Waals surface area (Å²) in [5, 5.41) is 0. The first-order chi connectivity index (χ1) is 10.9. The molecule has 0 heterocycles. The number of esters is 2. The Kier molecular flexibility index (Phi) is 7.72. The minimum absolute atomic E-state index is 0.169. The molecule has 0 aromatic carbocycles. The zero-order valence-corrected chi connectivity index (χ0v) is 14.4. The van der Waals surface area contributed by atoms with Crippen LogP contribution in [-0.4, -0.2) is 30.9 Å². The van der Waals surface area contributed by atoms with Gasteiger partial charge in [-0.15, -0.1) is 0 Å². The van der Waals surface area contributed by atoms with Crippen molar-refractivity contribution in [3.63, 3.8) is 0 Å². The van der Waals surface area contributed by atoms with Crippen LogP contribution in [-0.2, 0) is 23.9 Å². The van der Waals surface area contributed by atoms with Gasteiger partial charge in [-0.05, 0) is 52.5 Å². The lowest BCUT2D eigenvalue weighted by atomic mass is 9.87. The van der Waals surface area contributed by atoms with E-state index >= 15 is 0 Å². The molecule has 0 radical (unpaired) electrons. The average Bonchev–Trinajstić information content (AvgIpc) is 2.52. The molecule has 0 fully saturated rings. The minimum Gasteiger partial charge on any atom is -0.465 e. The Bertz CT molecular complexity index is 528. The maximum absolute atomic E-state index is 12.2. The molecule has 23 heavy (non-hydrogen) atoms. The van der Waals surface area contributed by atoms with E-state index in [0.717, 1.165) is 17.6 Å². The number of hydrogen-bond acceptors (Lipinski definition) is 5. The van der Waals surface area contributed by atoms with E-state index in [1.807, 2.05) is 6.92 Å². The van der Waals surface area contributed by atoms with Crippen molar-refractivity contribution in [1.82, 2.24) is 0 Å². The molecule has 1 aliphatic carbocycles. The Labute approximate surface area is 137 Å². The summed E-state index contributed by atoms with van der Waals surface area (Å²) in [4.78, 5) is 35.8. The van der Waals surface area contributed by atoms with Gasteiger partial charge in [0.25, 0.3) is 0 Å². The first-order valence-electron chi connectivity index (χ1n) is 8.17. The number of hydrogen-bond donors (Lipinski definition) is 0. The second-order valence-electron chi connectivity index (χ2n) is 5.54. The van der Waals surface area contributed by atoms with Crippen molar-refractivity contribution in [2.24, 2.45) is 5.92 Å². The Morgan fingerprint density at radius 1 is 1.17 bits per heavy atom. The number of allylic oxidation sites excluding steroid dienone is 3. The van der Waals surface area contributed by atoms with Gasteiger partial charge < -0.3 is 9.47 Å². The number of ether oxygens (including phenoxy) is 2. The second-order valence-corrected chi connectivity index (χ2v) is 5.54. The standard InChI is InChI=1S/C18H26O5/c1-5-22-17(20)13(4)16(19)11-10-14-12(3)8-7-9-15(14)18(21)23-6-2/h8,13H,5-7,9-11H2,1-4H3. The van der Waals surface area contributed by atoms with Gasteiger partial charge in [0.05, 0.1) is 13.2 Å². The Hall–Kier alpha value is -1.91. The van der Waals surface area contributed by atoms with E-state index in [9.17, 15) is 14.4 Å². The molecule has 128 valence electrons. The third-order valence-corrected chi connectivity index (χ3v) is 3.95. The van der Waals surface area contributed by atoms with Gasteiger partial charge in [-0.3, -0.25) is 9.59 Å². The molecule has 0 spiro atoms. The highest BCUT2D eigenvalue weighted by Gasteiger charge is 2.25. The number of Topliss-reactive ketones (excluding diaryl/α,β-unsaturated/α-hetero) is 1. The zero-order valence-electron chi connectivity index (χ0n) is 14.4. The van der Waals surface area contributed by atoms with E-state index in [4.69, 9.17) is 9.47 Å². The Morgan fingerprint density at radius 3 is 2.43 bits per heavy atom. The molecule has 0 N–H and O–H groups in total. The SMILES string of the molecule is CCOC(=O)C1=C(CCC(=O)C(C)C(=O)OCC)C(C)=CCC1. The Balaban J connectivity index is 2.79. The molecular formula is C18H26O5. The fourth-order valence-electron chi connectivity index (χ4n) is 2.60. The summed E-state index contributed by atoms with van der Waals surface area (Å²) >= 11 is 0. The van der Waals surface area contributed by atoms with Crippen molar-refractivity contribution in [2.45, 2.75) is 53.4 Å². The molecular weight excluding hydrogens is 296 g/mol. The summed E-state index contributed by atoms with van der Waals surface area (Å²) in [6, 6.07) is 0. The lowest BCUT2D eigenvalue weighted by Crippen LogP contribution is -2.23. The van der Waals surface area contributed by atoms with Gasteiger partial charge in [-0.25, -0.2) is 4.79 Å². The molecule has 0 aliphatic heterocycles. The lowest BCUT2D eigenvalue weighted by molar-refractivity contribution is -0.150. The van der Waals surface area contributed by atoms with Gasteiger partial charge in [0.2, 0.25) is 0 Å². The third kappa shape index (κ3) is 5.34. The molecule has 1 aliphatic rings. The number of carbonyl (C=O) groups is 3. The highest BCUT2D eigenvalue weighted by atomic mass is 16.5. The monoisotopic (exact) mass is 322 g/mol. The molecule has 1 unspecified atom stereocenters. The smallest absolute Gasteiger partial charge is 0.334 e. The molecule has 0 bridgehead atoms. The van der Waals surface area contributed by atoms with Crippen molar-refractivity contribution in [3.8, 4) is 0 Å². The van der Waals surface area contributed by atoms with Crippen LogP contribution in [0.3, 0.4) is 0 Å².